The number of hydrogen-bond donors (Lipinski definition) is 0. The van der Waals surface area contributed by atoms with Crippen LogP contribution in [0.2, 0.25) is 0 Å². The summed E-state index contributed by atoms with van der Waals surface area (Å²) in [6.07, 6.45) is 0.595. The maximum absolute atomic E-state index is 13.4. The first-order valence-corrected chi connectivity index (χ1v) is 5.73. The van der Waals surface area contributed by atoms with Crippen LogP contribution in [-0.4, -0.2) is 37.5 Å². The van der Waals surface area contributed by atoms with E-state index in [4.69, 9.17) is 0 Å². The van der Waals surface area contributed by atoms with Gasteiger partial charge in [0.25, 0.3) is 5.91 Å². The van der Waals surface area contributed by atoms with E-state index in [1.165, 1.54) is 19.1 Å². The first-order valence-electron chi connectivity index (χ1n) is 5.73. The number of methoxy groups -OCH3 is 1. The summed E-state index contributed by atoms with van der Waals surface area (Å²) in [5.41, 5.74) is -0.193. The van der Waals surface area contributed by atoms with Crippen molar-refractivity contribution in [1.29, 1.82) is 0 Å². The fraction of sp³-hybridized carbons (Fsp3) is 0.385. The third-order valence-electron chi connectivity index (χ3n) is 2.61. The van der Waals surface area contributed by atoms with E-state index in [9.17, 15) is 18.4 Å². The number of carbonyl (C=O) groups excluding carboxylic acids is 2. The van der Waals surface area contributed by atoms with Crippen molar-refractivity contribution in [2.24, 2.45) is 0 Å². The minimum Gasteiger partial charge on any atom is -0.469 e. The van der Waals surface area contributed by atoms with Crippen molar-refractivity contribution in [1.82, 2.24) is 4.90 Å². The lowest BCUT2D eigenvalue weighted by Crippen LogP contribution is -2.29. The molecule has 0 fully saturated rings. The van der Waals surface area contributed by atoms with E-state index in [0.717, 1.165) is 12.1 Å². The molecule has 4 nitrogen and oxygen atoms in total. The predicted octanol–water partition coefficient (Wildman–Crippen LogP) is 1.99. The van der Waals surface area contributed by atoms with Gasteiger partial charge in [0.15, 0.2) is 0 Å². The molecule has 0 spiro atoms. The Kier molecular flexibility index (Phi) is 5.41. The quantitative estimate of drug-likeness (QED) is 0.769. The number of nitrogens with zero attached hydrogens (tertiary/aromatic N) is 1. The lowest BCUT2D eigenvalue weighted by molar-refractivity contribution is -0.140. The van der Waals surface area contributed by atoms with Gasteiger partial charge in [-0.25, -0.2) is 8.78 Å². The highest BCUT2D eigenvalue weighted by atomic mass is 19.1. The van der Waals surface area contributed by atoms with E-state index in [-0.39, 0.29) is 24.5 Å². The number of benzene rings is 1. The molecule has 19 heavy (non-hydrogen) atoms. The molecule has 0 saturated carbocycles. The summed E-state index contributed by atoms with van der Waals surface area (Å²) in [7, 11) is 2.77. The minimum absolute atomic E-state index is 0.181. The van der Waals surface area contributed by atoms with Gasteiger partial charge in [-0.2, -0.15) is 0 Å². The summed E-state index contributed by atoms with van der Waals surface area (Å²) < 4.78 is 30.6. The van der Waals surface area contributed by atoms with Crippen LogP contribution in [-0.2, 0) is 9.53 Å². The molecule has 1 aromatic carbocycles. The summed E-state index contributed by atoms with van der Waals surface area (Å²) in [4.78, 5) is 24.0. The molecule has 6 heteroatoms. The Bertz CT molecular complexity index is 477. The minimum atomic E-state index is -0.898. The topological polar surface area (TPSA) is 46.6 Å². The fourth-order valence-electron chi connectivity index (χ4n) is 1.53. The number of amides is 1. The Morgan fingerprint density at radius 3 is 2.58 bits per heavy atom. The molecular weight excluding hydrogens is 256 g/mol. The van der Waals surface area contributed by atoms with E-state index in [2.05, 4.69) is 4.74 Å². The standard InChI is InChI=1S/C13H15F2NO3/c1-16(7-3-4-12(17)19-2)13(18)10-6-5-9(14)8-11(10)15/h5-6,8H,3-4,7H2,1-2H3. The molecule has 1 rings (SSSR count). The van der Waals surface area contributed by atoms with Crippen LogP contribution >= 0.6 is 0 Å². The van der Waals surface area contributed by atoms with Crippen molar-refractivity contribution in [3.8, 4) is 0 Å². The van der Waals surface area contributed by atoms with Gasteiger partial charge in [-0.1, -0.05) is 0 Å². The monoisotopic (exact) mass is 271 g/mol. The molecule has 0 saturated heterocycles. The normalized spacial score (nSPS) is 10.1. The molecule has 0 atom stereocenters. The van der Waals surface area contributed by atoms with Crippen LogP contribution in [0.15, 0.2) is 18.2 Å². The number of ether oxygens (including phenoxy) is 1. The fourth-order valence-corrected chi connectivity index (χ4v) is 1.53. The van der Waals surface area contributed by atoms with Gasteiger partial charge in [0.2, 0.25) is 0 Å². The van der Waals surface area contributed by atoms with Crippen molar-refractivity contribution >= 4 is 11.9 Å². The largest absolute Gasteiger partial charge is 0.469 e. The third kappa shape index (κ3) is 4.31. The van der Waals surface area contributed by atoms with Gasteiger partial charge in [0.05, 0.1) is 12.7 Å². The van der Waals surface area contributed by atoms with Crippen LogP contribution in [0.1, 0.15) is 23.2 Å². The Morgan fingerprint density at radius 1 is 1.32 bits per heavy atom. The predicted molar refractivity (Wildman–Crippen MR) is 64.6 cm³/mol. The van der Waals surface area contributed by atoms with E-state index < -0.39 is 17.5 Å². The number of hydrogen-bond acceptors (Lipinski definition) is 3. The van der Waals surface area contributed by atoms with Crippen molar-refractivity contribution in [3.63, 3.8) is 0 Å². The van der Waals surface area contributed by atoms with Gasteiger partial charge in [0.1, 0.15) is 11.6 Å². The molecule has 0 aliphatic rings. The van der Waals surface area contributed by atoms with Crippen molar-refractivity contribution < 1.29 is 23.1 Å². The Balaban J connectivity index is 2.59. The average molecular weight is 271 g/mol. The number of esters is 1. The highest BCUT2D eigenvalue weighted by Gasteiger charge is 2.16. The first-order chi connectivity index (χ1) is 8.95. The van der Waals surface area contributed by atoms with E-state index in [1.54, 1.807) is 0 Å². The maximum atomic E-state index is 13.4. The van der Waals surface area contributed by atoms with E-state index >= 15 is 0 Å². The van der Waals surface area contributed by atoms with Crippen LogP contribution < -0.4 is 0 Å². The highest BCUT2D eigenvalue weighted by Crippen LogP contribution is 2.12. The summed E-state index contributed by atoms with van der Waals surface area (Å²) >= 11 is 0. The van der Waals surface area contributed by atoms with E-state index in [0.29, 0.717) is 12.5 Å². The summed E-state index contributed by atoms with van der Waals surface area (Å²) in [6.45, 7) is 0.282. The van der Waals surface area contributed by atoms with Gasteiger partial charge >= 0.3 is 5.97 Å². The zero-order valence-corrected chi connectivity index (χ0v) is 10.8. The van der Waals surface area contributed by atoms with Crippen molar-refractivity contribution in [2.45, 2.75) is 12.8 Å². The van der Waals surface area contributed by atoms with Crippen LogP contribution in [0.3, 0.4) is 0 Å². The second-order valence-corrected chi connectivity index (χ2v) is 4.03. The molecular formula is C13H15F2NO3. The second-order valence-electron chi connectivity index (χ2n) is 4.03. The van der Waals surface area contributed by atoms with Crippen molar-refractivity contribution in [2.75, 3.05) is 20.7 Å². The lowest BCUT2D eigenvalue weighted by Gasteiger charge is -2.17. The molecule has 0 bridgehead atoms. The van der Waals surface area contributed by atoms with Gasteiger partial charge in [-0.05, 0) is 18.6 Å². The molecule has 0 aromatic heterocycles. The molecule has 0 heterocycles. The molecule has 0 aliphatic heterocycles. The van der Waals surface area contributed by atoms with Crippen LogP contribution in [0.5, 0.6) is 0 Å². The first kappa shape index (κ1) is 15.1. The van der Waals surface area contributed by atoms with Crippen molar-refractivity contribution in [3.05, 3.63) is 35.4 Å². The van der Waals surface area contributed by atoms with Crippen LogP contribution in [0, 0.1) is 11.6 Å². The zero-order valence-electron chi connectivity index (χ0n) is 10.8. The SMILES string of the molecule is COC(=O)CCCN(C)C(=O)c1ccc(F)cc1F. The van der Waals surface area contributed by atoms with E-state index in [1.807, 2.05) is 0 Å². The van der Waals surface area contributed by atoms with Gasteiger partial charge in [0, 0.05) is 26.1 Å². The number of carbonyl (C=O) groups is 2. The average Bonchev–Trinajstić information content (AvgIpc) is 2.37. The smallest absolute Gasteiger partial charge is 0.305 e. The van der Waals surface area contributed by atoms with Crippen LogP contribution in [0.25, 0.3) is 0 Å². The van der Waals surface area contributed by atoms with Gasteiger partial charge in [-0.3, -0.25) is 9.59 Å². The summed E-state index contributed by atoms with van der Waals surface area (Å²) in [6, 6.07) is 2.79. The van der Waals surface area contributed by atoms with Gasteiger partial charge in [-0.15, -0.1) is 0 Å². The number of halogens is 2. The highest BCUT2D eigenvalue weighted by molar-refractivity contribution is 5.94. The maximum Gasteiger partial charge on any atom is 0.305 e. The molecule has 0 N–H and O–H groups in total. The lowest BCUT2D eigenvalue weighted by atomic mass is 10.1. The Hall–Kier alpha value is -1.98. The second kappa shape index (κ2) is 6.82. The number of rotatable bonds is 5. The Morgan fingerprint density at radius 2 is 2.00 bits per heavy atom. The molecule has 0 aliphatic carbocycles. The summed E-state index contributed by atoms with van der Waals surface area (Å²) in [5.74, 6) is -2.55. The molecule has 0 unspecified atom stereocenters. The van der Waals surface area contributed by atoms with Gasteiger partial charge < -0.3 is 9.64 Å². The van der Waals surface area contributed by atoms with Crippen LogP contribution in [0.4, 0.5) is 8.78 Å². The Labute approximate surface area is 110 Å². The zero-order chi connectivity index (χ0) is 14.4. The summed E-state index contributed by atoms with van der Waals surface area (Å²) in [5, 5.41) is 0. The molecule has 0 radical (unpaired) electrons. The molecule has 1 amide bonds. The molecule has 104 valence electrons. The molecule has 1 aromatic rings. The third-order valence-corrected chi connectivity index (χ3v) is 2.61.